The highest BCUT2D eigenvalue weighted by molar-refractivity contribution is 9.10. The summed E-state index contributed by atoms with van der Waals surface area (Å²) >= 11 is 3.45. The van der Waals surface area contributed by atoms with Crippen molar-refractivity contribution in [2.24, 2.45) is 5.41 Å². The van der Waals surface area contributed by atoms with Gasteiger partial charge < -0.3 is 20.3 Å². The van der Waals surface area contributed by atoms with E-state index in [4.69, 9.17) is 4.74 Å². The monoisotopic (exact) mass is 534 g/mol. The van der Waals surface area contributed by atoms with Crippen LogP contribution in [0.4, 0.5) is 19.0 Å². The third kappa shape index (κ3) is 10.2. The summed E-state index contributed by atoms with van der Waals surface area (Å²) in [6.07, 6.45) is -2.68. The van der Waals surface area contributed by atoms with Crippen LogP contribution in [0.3, 0.4) is 0 Å². The zero-order chi connectivity index (χ0) is 23.8. The van der Waals surface area contributed by atoms with Gasteiger partial charge in [0.15, 0.2) is 0 Å². The topological polar surface area (TPSA) is 109 Å². The molecule has 2 aromatic rings. The molecule has 3 N–H and O–H groups in total. The lowest BCUT2D eigenvalue weighted by Crippen LogP contribution is -2.30. The maximum absolute atomic E-state index is 12.2. The fourth-order valence-electron chi connectivity index (χ4n) is 2.91. The molecule has 0 atom stereocenters. The molecule has 33 heavy (non-hydrogen) atoms. The van der Waals surface area contributed by atoms with Crippen LogP contribution in [0.5, 0.6) is 5.75 Å². The number of alkyl halides is 3. The highest BCUT2D eigenvalue weighted by atomic mass is 79.9. The molecule has 0 aliphatic carbocycles. The molecular weight excluding hydrogens is 509 g/mol. The average Bonchev–Trinajstić information content (AvgIpc) is 2.68. The minimum atomic E-state index is -5.20. The molecule has 7 nitrogen and oxygen atoms in total. The lowest BCUT2D eigenvalue weighted by molar-refractivity contribution is -0.202. The fourth-order valence-corrected chi connectivity index (χ4v) is 3.45. The van der Waals surface area contributed by atoms with Crippen LogP contribution in [-0.2, 0) is 20.7 Å². The molecule has 0 spiro atoms. The Morgan fingerprint density at radius 3 is 2.48 bits per heavy atom. The minimum Gasteiger partial charge on any atom is -0.492 e. The van der Waals surface area contributed by atoms with E-state index in [2.05, 4.69) is 31.0 Å². The number of hydrogen-bond donors (Lipinski definition) is 1. The number of carbonyl (C=O) groups is 2. The van der Waals surface area contributed by atoms with Gasteiger partial charge in [0.25, 0.3) is 0 Å². The van der Waals surface area contributed by atoms with Gasteiger partial charge in [0, 0.05) is 12.7 Å². The van der Waals surface area contributed by atoms with Crippen LogP contribution < -0.4 is 10.1 Å². The molecule has 0 amide bonds. The number of esters is 2. The van der Waals surface area contributed by atoms with Gasteiger partial charge in [-0.2, -0.15) is 13.2 Å². The Morgan fingerprint density at radius 2 is 1.88 bits per heavy atom. The van der Waals surface area contributed by atoms with Crippen molar-refractivity contribution in [3.05, 3.63) is 52.6 Å². The van der Waals surface area contributed by atoms with E-state index in [0.717, 1.165) is 22.3 Å². The molecule has 0 aliphatic rings. The first kappa shape index (κ1) is 28.4. The number of rotatable bonds is 10. The maximum Gasteiger partial charge on any atom is 0.491 e. The molecule has 2 rings (SSSR count). The molecule has 1 aromatic carbocycles. The standard InChI is InChI=1S/C22H24BrF3N2O4.H2O/c1-21(2,14-19(29)32-20(30)22(24,25)26)13-15-7-8-17(16(23)12-15)31-11-5-10-28-18-6-3-4-9-27-18;/h3-4,6-9,12H,5,10-11,13-14H2,1-2H3,(H,27,28);1H2. The molecule has 0 saturated carbocycles. The van der Waals surface area contributed by atoms with Crippen LogP contribution in [0, 0.1) is 5.41 Å². The average molecular weight is 535 g/mol. The third-order valence-corrected chi connectivity index (χ3v) is 4.91. The Labute approximate surface area is 198 Å². The van der Waals surface area contributed by atoms with E-state index in [1.54, 1.807) is 26.1 Å². The number of nitrogens with one attached hydrogen (secondary N) is 1. The molecule has 0 aliphatic heterocycles. The van der Waals surface area contributed by atoms with Crippen molar-refractivity contribution >= 4 is 33.7 Å². The van der Waals surface area contributed by atoms with Crippen molar-refractivity contribution < 1.29 is 37.7 Å². The smallest absolute Gasteiger partial charge is 0.491 e. The van der Waals surface area contributed by atoms with Gasteiger partial charge in [0.1, 0.15) is 11.6 Å². The Balaban J connectivity index is 0.00000544. The second kappa shape index (κ2) is 12.5. The third-order valence-electron chi connectivity index (χ3n) is 4.29. The van der Waals surface area contributed by atoms with Crippen molar-refractivity contribution in [1.29, 1.82) is 0 Å². The number of halogens is 4. The number of benzene rings is 1. The molecule has 1 heterocycles. The Kier molecular flexibility index (Phi) is 10.8. The predicted octanol–water partition coefficient (Wildman–Crippen LogP) is 4.49. The summed E-state index contributed by atoms with van der Waals surface area (Å²) in [6, 6.07) is 11.1. The number of hydrogen-bond acceptors (Lipinski definition) is 6. The molecule has 0 fully saturated rings. The van der Waals surface area contributed by atoms with E-state index in [1.807, 2.05) is 30.3 Å². The molecule has 0 radical (unpaired) electrons. The molecule has 1 aromatic heterocycles. The van der Waals surface area contributed by atoms with Gasteiger partial charge in [-0.15, -0.1) is 0 Å². The maximum atomic E-state index is 12.2. The minimum absolute atomic E-state index is 0. The van der Waals surface area contributed by atoms with Crippen molar-refractivity contribution in [3.8, 4) is 5.75 Å². The van der Waals surface area contributed by atoms with Crippen LogP contribution in [-0.4, -0.2) is 41.7 Å². The van der Waals surface area contributed by atoms with Gasteiger partial charge in [-0.25, -0.2) is 9.78 Å². The highest BCUT2D eigenvalue weighted by Crippen LogP contribution is 2.32. The van der Waals surface area contributed by atoms with Crippen molar-refractivity contribution in [1.82, 2.24) is 4.98 Å². The number of carbonyl (C=O) groups excluding carboxylic acids is 2. The lowest BCUT2D eigenvalue weighted by Gasteiger charge is -2.23. The summed E-state index contributed by atoms with van der Waals surface area (Å²) < 4.78 is 47.1. The van der Waals surface area contributed by atoms with Crippen molar-refractivity contribution in [3.63, 3.8) is 0 Å². The van der Waals surface area contributed by atoms with E-state index in [-0.39, 0.29) is 11.9 Å². The number of ether oxygens (including phenoxy) is 2. The summed E-state index contributed by atoms with van der Waals surface area (Å²) in [5.41, 5.74) is 0.128. The second-order valence-electron chi connectivity index (χ2n) is 7.89. The molecule has 11 heteroatoms. The zero-order valence-electron chi connectivity index (χ0n) is 18.2. The van der Waals surface area contributed by atoms with Crippen LogP contribution in [0.25, 0.3) is 0 Å². The predicted molar refractivity (Wildman–Crippen MR) is 120 cm³/mol. The first-order valence-electron chi connectivity index (χ1n) is 9.84. The summed E-state index contributed by atoms with van der Waals surface area (Å²) in [5, 5.41) is 3.19. The molecule has 0 unspecified atom stereocenters. The van der Waals surface area contributed by atoms with E-state index in [1.165, 1.54) is 0 Å². The first-order chi connectivity index (χ1) is 15.0. The van der Waals surface area contributed by atoms with E-state index < -0.39 is 23.5 Å². The number of nitrogens with zero attached hydrogens (tertiary/aromatic N) is 1. The number of pyridine rings is 1. The van der Waals surface area contributed by atoms with Gasteiger partial charge in [-0.1, -0.05) is 26.0 Å². The van der Waals surface area contributed by atoms with E-state index in [0.29, 0.717) is 25.3 Å². The number of anilines is 1. The Bertz CT molecular complexity index is 924. The second-order valence-corrected chi connectivity index (χ2v) is 8.74. The van der Waals surface area contributed by atoms with E-state index in [9.17, 15) is 22.8 Å². The van der Waals surface area contributed by atoms with Crippen molar-refractivity contribution in [2.45, 2.75) is 39.3 Å². The molecule has 0 saturated heterocycles. The quantitative estimate of drug-likeness (QED) is 0.273. The van der Waals surface area contributed by atoms with Gasteiger partial charge in [0.2, 0.25) is 0 Å². The summed E-state index contributed by atoms with van der Waals surface area (Å²) in [5.74, 6) is -2.26. The van der Waals surface area contributed by atoms with Crippen LogP contribution in [0.2, 0.25) is 0 Å². The normalized spacial score (nSPS) is 11.3. The zero-order valence-corrected chi connectivity index (χ0v) is 19.8. The lowest BCUT2D eigenvalue weighted by atomic mass is 9.83. The van der Waals surface area contributed by atoms with E-state index >= 15 is 0 Å². The summed E-state index contributed by atoms with van der Waals surface area (Å²) in [4.78, 5) is 26.7. The first-order valence-corrected chi connectivity index (χ1v) is 10.6. The van der Waals surface area contributed by atoms with Crippen LogP contribution in [0.15, 0.2) is 47.1 Å². The van der Waals surface area contributed by atoms with Crippen LogP contribution in [0.1, 0.15) is 32.3 Å². The SMILES string of the molecule is CC(C)(CC(=O)OC(=O)C(F)(F)F)Cc1ccc(OCCCNc2ccccn2)c(Br)c1.O. The molecule has 182 valence electrons. The van der Waals surface area contributed by atoms with Gasteiger partial charge in [-0.05, 0) is 64.0 Å². The number of aromatic nitrogens is 1. The molecule has 0 bridgehead atoms. The van der Waals surface area contributed by atoms with Crippen LogP contribution >= 0.6 is 15.9 Å². The van der Waals surface area contributed by atoms with Gasteiger partial charge >= 0.3 is 18.1 Å². The largest absolute Gasteiger partial charge is 0.492 e. The fraction of sp³-hybridized carbons (Fsp3) is 0.409. The van der Waals surface area contributed by atoms with Gasteiger partial charge in [0.05, 0.1) is 17.5 Å². The van der Waals surface area contributed by atoms with Gasteiger partial charge in [-0.3, -0.25) is 4.79 Å². The Morgan fingerprint density at radius 1 is 1.15 bits per heavy atom. The summed E-state index contributed by atoms with van der Waals surface area (Å²) in [6.45, 7) is 4.61. The summed E-state index contributed by atoms with van der Waals surface area (Å²) in [7, 11) is 0. The molecular formula is C22H26BrF3N2O5. The Hall–Kier alpha value is -2.66. The van der Waals surface area contributed by atoms with Crippen molar-refractivity contribution in [2.75, 3.05) is 18.5 Å². The highest BCUT2D eigenvalue weighted by Gasteiger charge is 2.43.